The molecule has 0 aliphatic carbocycles. The van der Waals surface area contributed by atoms with E-state index in [1.165, 1.54) is 0 Å². The normalized spacial score (nSPS) is 16.7. The molecule has 1 N–H and O–H groups in total. The average Bonchev–Trinajstić information content (AvgIpc) is 3.18. The number of carbonyl (C=O) groups is 1. The molecular formula is C18H25N3O2S. The minimum atomic E-state index is 0.0336. The first-order valence-corrected chi connectivity index (χ1v) is 9.49. The van der Waals surface area contributed by atoms with E-state index < -0.39 is 0 Å². The van der Waals surface area contributed by atoms with Crippen LogP contribution in [0.15, 0.2) is 21.2 Å². The Morgan fingerprint density at radius 1 is 1.46 bits per heavy atom. The number of nitrogens with one attached hydrogen (secondary N) is 1. The highest BCUT2D eigenvalue weighted by Crippen LogP contribution is 2.24. The van der Waals surface area contributed by atoms with Crippen molar-refractivity contribution in [3.63, 3.8) is 0 Å². The van der Waals surface area contributed by atoms with Gasteiger partial charge in [-0.05, 0) is 45.1 Å². The molecule has 0 aromatic carbocycles. The maximum atomic E-state index is 12.3. The topological polar surface area (TPSA) is 58.4 Å². The first-order valence-electron chi connectivity index (χ1n) is 8.55. The largest absolute Gasteiger partial charge is 0.441 e. The number of oxazole rings is 1. The summed E-state index contributed by atoms with van der Waals surface area (Å²) in [6.45, 7) is 8.41. The molecule has 0 radical (unpaired) electrons. The molecule has 0 bridgehead atoms. The van der Waals surface area contributed by atoms with Crippen molar-refractivity contribution in [1.29, 1.82) is 0 Å². The number of rotatable bonds is 5. The van der Waals surface area contributed by atoms with E-state index >= 15 is 0 Å². The molecule has 1 saturated heterocycles. The Morgan fingerprint density at radius 3 is 2.83 bits per heavy atom. The first-order chi connectivity index (χ1) is 11.5. The number of likely N-dealkylation sites (tertiary alicyclic amines) is 1. The summed E-state index contributed by atoms with van der Waals surface area (Å²) >= 11 is 1.61. The molecule has 0 spiro atoms. The lowest BCUT2D eigenvalue weighted by Gasteiger charge is -2.34. The number of hydrogen-bond acceptors (Lipinski definition) is 5. The molecule has 1 aliphatic heterocycles. The third-order valence-electron chi connectivity index (χ3n) is 4.61. The van der Waals surface area contributed by atoms with Crippen LogP contribution in [-0.4, -0.2) is 41.0 Å². The molecule has 1 amide bonds. The van der Waals surface area contributed by atoms with Gasteiger partial charge in [0.1, 0.15) is 5.76 Å². The second-order valence-electron chi connectivity index (χ2n) is 6.68. The lowest BCUT2D eigenvalue weighted by molar-refractivity contribution is -0.121. The van der Waals surface area contributed by atoms with Crippen molar-refractivity contribution in [2.45, 2.75) is 52.1 Å². The maximum Gasteiger partial charge on any atom is 0.227 e. The number of nitrogens with zero attached hydrogens (tertiary/aromatic N) is 2. The van der Waals surface area contributed by atoms with Gasteiger partial charge in [-0.1, -0.05) is 0 Å². The molecule has 130 valence electrons. The van der Waals surface area contributed by atoms with Crippen LogP contribution in [0, 0.1) is 6.92 Å². The number of thiophene rings is 1. The molecule has 6 heteroatoms. The molecule has 1 fully saturated rings. The van der Waals surface area contributed by atoms with E-state index in [0.29, 0.717) is 11.9 Å². The number of aromatic nitrogens is 1. The summed E-state index contributed by atoms with van der Waals surface area (Å²) in [6, 6.07) is 2.83. The standard InChI is InChI=1S/C18H25N3O2S/c1-12(2)21-7-4-15(5-8-21)19-17(22)10-16-13(3)23-18(20-16)14-6-9-24-11-14/h6,9,11-12,15H,4-5,7-8,10H2,1-3H3,(H,19,22). The quantitative estimate of drug-likeness (QED) is 0.902. The third kappa shape index (κ3) is 4.05. The lowest BCUT2D eigenvalue weighted by Crippen LogP contribution is -2.47. The van der Waals surface area contributed by atoms with Crippen LogP contribution in [-0.2, 0) is 11.2 Å². The Balaban J connectivity index is 1.54. The highest BCUT2D eigenvalue weighted by atomic mass is 32.1. The minimum Gasteiger partial charge on any atom is -0.441 e. The summed E-state index contributed by atoms with van der Waals surface area (Å²) in [4.78, 5) is 19.3. The molecule has 0 saturated carbocycles. The van der Waals surface area contributed by atoms with E-state index in [0.717, 1.165) is 42.9 Å². The summed E-state index contributed by atoms with van der Waals surface area (Å²) in [5.74, 6) is 1.36. The van der Waals surface area contributed by atoms with E-state index in [1.807, 2.05) is 23.8 Å². The van der Waals surface area contributed by atoms with Crippen molar-refractivity contribution < 1.29 is 9.21 Å². The van der Waals surface area contributed by atoms with E-state index in [2.05, 4.69) is 29.0 Å². The lowest BCUT2D eigenvalue weighted by atomic mass is 10.0. The predicted octanol–water partition coefficient (Wildman–Crippen LogP) is 3.24. The Kier molecular flexibility index (Phi) is 5.36. The Morgan fingerprint density at radius 2 is 2.21 bits per heavy atom. The van der Waals surface area contributed by atoms with E-state index in [9.17, 15) is 4.79 Å². The SMILES string of the molecule is Cc1oc(-c2ccsc2)nc1CC(=O)NC1CCN(C(C)C)CC1. The van der Waals surface area contributed by atoms with Gasteiger partial charge in [-0.25, -0.2) is 4.98 Å². The molecule has 24 heavy (non-hydrogen) atoms. The Bertz CT molecular complexity index is 671. The fourth-order valence-corrected chi connectivity index (χ4v) is 3.72. The minimum absolute atomic E-state index is 0.0336. The molecule has 2 aromatic rings. The smallest absolute Gasteiger partial charge is 0.227 e. The second kappa shape index (κ2) is 7.49. The van der Waals surface area contributed by atoms with Gasteiger partial charge in [0, 0.05) is 36.1 Å². The number of amides is 1. The highest BCUT2D eigenvalue weighted by molar-refractivity contribution is 7.08. The molecule has 1 aliphatic rings. The van der Waals surface area contributed by atoms with Crippen molar-refractivity contribution >= 4 is 17.2 Å². The maximum absolute atomic E-state index is 12.3. The highest BCUT2D eigenvalue weighted by Gasteiger charge is 2.23. The average molecular weight is 347 g/mol. The first kappa shape index (κ1) is 17.2. The zero-order chi connectivity index (χ0) is 17.1. The van der Waals surface area contributed by atoms with Crippen LogP contribution in [0.5, 0.6) is 0 Å². The molecular weight excluding hydrogens is 322 g/mol. The summed E-state index contributed by atoms with van der Waals surface area (Å²) in [5.41, 5.74) is 1.70. The van der Waals surface area contributed by atoms with Gasteiger partial charge in [0.2, 0.25) is 11.8 Å². The number of piperidine rings is 1. The van der Waals surface area contributed by atoms with Gasteiger partial charge in [-0.15, -0.1) is 0 Å². The van der Waals surface area contributed by atoms with E-state index in [4.69, 9.17) is 4.42 Å². The Hall–Kier alpha value is -1.66. The van der Waals surface area contributed by atoms with E-state index in [-0.39, 0.29) is 18.4 Å². The van der Waals surface area contributed by atoms with Crippen LogP contribution in [0.2, 0.25) is 0 Å². The predicted molar refractivity (Wildman–Crippen MR) is 96.1 cm³/mol. The van der Waals surface area contributed by atoms with Gasteiger partial charge >= 0.3 is 0 Å². The van der Waals surface area contributed by atoms with Gasteiger partial charge in [0.15, 0.2) is 0 Å². The zero-order valence-corrected chi connectivity index (χ0v) is 15.4. The summed E-state index contributed by atoms with van der Waals surface area (Å²) in [6.07, 6.45) is 2.31. The molecule has 2 aromatic heterocycles. The van der Waals surface area contributed by atoms with Crippen LogP contribution in [0.3, 0.4) is 0 Å². The van der Waals surface area contributed by atoms with Gasteiger partial charge in [-0.2, -0.15) is 11.3 Å². The zero-order valence-electron chi connectivity index (χ0n) is 14.5. The van der Waals surface area contributed by atoms with Gasteiger partial charge < -0.3 is 14.6 Å². The summed E-state index contributed by atoms with van der Waals surface area (Å²) in [7, 11) is 0. The third-order valence-corrected chi connectivity index (χ3v) is 5.30. The van der Waals surface area contributed by atoms with Crippen molar-refractivity contribution in [3.05, 3.63) is 28.3 Å². The van der Waals surface area contributed by atoms with Crippen LogP contribution >= 0.6 is 11.3 Å². The van der Waals surface area contributed by atoms with Gasteiger partial charge in [-0.3, -0.25) is 4.79 Å². The molecule has 3 rings (SSSR count). The van der Waals surface area contributed by atoms with E-state index in [1.54, 1.807) is 11.3 Å². The van der Waals surface area contributed by atoms with Crippen LogP contribution < -0.4 is 5.32 Å². The van der Waals surface area contributed by atoms with Crippen LogP contribution in [0.4, 0.5) is 0 Å². The number of aryl methyl sites for hydroxylation is 1. The summed E-state index contributed by atoms with van der Waals surface area (Å²) < 4.78 is 5.70. The summed E-state index contributed by atoms with van der Waals surface area (Å²) in [5, 5.41) is 7.14. The van der Waals surface area contributed by atoms with Crippen LogP contribution in [0.25, 0.3) is 11.5 Å². The fraction of sp³-hybridized carbons (Fsp3) is 0.556. The molecule has 5 nitrogen and oxygen atoms in total. The monoisotopic (exact) mass is 347 g/mol. The Labute approximate surface area is 147 Å². The van der Waals surface area contributed by atoms with Gasteiger partial charge in [0.25, 0.3) is 0 Å². The molecule has 3 heterocycles. The van der Waals surface area contributed by atoms with Crippen molar-refractivity contribution in [3.8, 4) is 11.5 Å². The van der Waals surface area contributed by atoms with Crippen molar-refractivity contribution in [2.24, 2.45) is 0 Å². The van der Waals surface area contributed by atoms with Crippen molar-refractivity contribution in [2.75, 3.05) is 13.1 Å². The van der Waals surface area contributed by atoms with Crippen molar-refractivity contribution in [1.82, 2.24) is 15.2 Å². The fourth-order valence-electron chi connectivity index (χ4n) is 3.09. The van der Waals surface area contributed by atoms with Gasteiger partial charge in [0.05, 0.1) is 12.1 Å². The van der Waals surface area contributed by atoms with Crippen LogP contribution in [0.1, 0.15) is 38.1 Å². The number of carbonyl (C=O) groups excluding carboxylic acids is 1. The molecule has 0 unspecified atom stereocenters. The number of hydrogen-bond donors (Lipinski definition) is 1. The molecule has 0 atom stereocenters. The second-order valence-corrected chi connectivity index (χ2v) is 7.46.